The van der Waals surface area contributed by atoms with Gasteiger partial charge in [-0.15, -0.1) is 0 Å². The molecule has 2 saturated carbocycles. The fourth-order valence-corrected chi connectivity index (χ4v) is 3.75. The minimum Gasteiger partial charge on any atom is -0.481 e. The molecule has 1 N–H and O–H groups in total. The van der Waals surface area contributed by atoms with Gasteiger partial charge in [0.05, 0.1) is 11.0 Å². The molecule has 0 aromatic carbocycles. The molecule has 0 amide bonds. The summed E-state index contributed by atoms with van der Waals surface area (Å²) in [5.74, 6) is 0.510. The first-order chi connectivity index (χ1) is 7.89. The van der Waals surface area contributed by atoms with E-state index < -0.39 is 11.4 Å². The van der Waals surface area contributed by atoms with Crippen LogP contribution in [0.3, 0.4) is 0 Å². The fourth-order valence-electron chi connectivity index (χ4n) is 3.75. The molecule has 2 aliphatic carbocycles. The smallest absolute Gasteiger partial charge is 0.309 e. The van der Waals surface area contributed by atoms with Crippen molar-refractivity contribution in [2.45, 2.75) is 58.0 Å². The lowest BCUT2D eigenvalue weighted by atomic mass is 9.69. The maximum atomic E-state index is 11.7. The lowest BCUT2D eigenvalue weighted by Crippen LogP contribution is -2.38. The molecular weight excluding hydrogens is 216 g/mol. The summed E-state index contributed by atoms with van der Waals surface area (Å²) in [5, 5.41) is 9.61. The molecule has 0 radical (unpaired) electrons. The second-order valence-electron chi connectivity index (χ2n) is 6.51. The molecule has 0 spiro atoms. The van der Waals surface area contributed by atoms with Crippen molar-refractivity contribution in [3.8, 4) is 0 Å². The number of methoxy groups -OCH3 is 1. The second-order valence-corrected chi connectivity index (χ2v) is 6.51. The van der Waals surface area contributed by atoms with Crippen LogP contribution in [0.15, 0.2) is 0 Å². The fraction of sp³-hybridized carbons (Fsp3) is 0.929. The number of carbonyl (C=O) groups is 1. The van der Waals surface area contributed by atoms with Crippen LogP contribution in [0.25, 0.3) is 0 Å². The molecule has 0 heterocycles. The number of carboxylic acid groups (broad SMARTS) is 1. The average molecular weight is 240 g/mol. The Labute approximate surface area is 104 Å². The summed E-state index contributed by atoms with van der Waals surface area (Å²) in [4.78, 5) is 11.7. The van der Waals surface area contributed by atoms with E-state index in [1.165, 1.54) is 6.42 Å². The number of ether oxygens (including phenoxy) is 1. The van der Waals surface area contributed by atoms with Gasteiger partial charge in [0.2, 0.25) is 0 Å². The van der Waals surface area contributed by atoms with Crippen LogP contribution in [-0.4, -0.2) is 23.8 Å². The van der Waals surface area contributed by atoms with Crippen LogP contribution in [0.5, 0.6) is 0 Å². The van der Waals surface area contributed by atoms with E-state index >= 15 is 0 Å². The summed E-state index contributed by atoms with van der Waals surface area (Å²) in [6.45, 7) is 4.07. The third kappa shape index (κ3) is 2.22. The van der Waals surface area contributed by atoms with Crippen LogP contribution in [0.1, 0.15) is 52.4 Å². The highest BCUT2D eigenvalue weighted by Crippen LogP contribution is 2.58. The van der Waals surface area contributed by atoms with E-state index in [1.807, 2.05) is 13.8 Å². The minimum absolute atomic E-state index is 0.204. The van der Waals surface area contributed by atoms with E-state index in [0.717, 1.165) is 32.1 Å². The summed E-state index contributed by atoms with van der Waals surface area (Å²) < 4.78 is 5.41. The van der Waals surface area contributed by atoms with Crippen molar-refractivity contribution < 1.29 is 14.6 Å². The summed E-state index contributed by atoms with van der Waals surface area (Å²) in [6.07, 6.45) is 5.99. The molecular formula is C14H24O3. The number of hydrogen-bond donors (Lipinski definition) is 1. The molecule has 3 nitrogen and oxygen atoms in total. The van der Waals surface area contributed by atoms with Crippen LogP contribution in [0.2, 0.25) is 0 Å². The van der Waals surface area contributed by atoms with E-state index in [1.54, 1.807) is 7.11 Å². The molecule has 0 aliphatic heterocycles. The highest BCUT2D eigenvalue weighted by Gasteiger charge is 2.55. The number of rotatable bonds is 5. The standard InChI is InChI=1S/C14H24O3/c1-13(2,17-3)6-7-14(12(15)16)9-10-4-5-11(14)8-10/h10-11H,4-9H2,1-3H3,(H,15,16). The van der Waals surface area contributed by atoms with Crippen LogP contribution >= 0.6 is 0 Å². The highest BCUT2D eigenvalue weighted by molar-refractivity contribution is 5.75. The zero-order valence-electron chi connectivity index (χ0n) is 11.2. The molecule has 0 aromatic heterocycles. The van der Waals surface area contributed by atoms with Crippen molar-refractivity contribution >= 4 is 5.97 Å². The van der Waals surface area contributed by atoms with E-state index in [9.17, 15) is 9.90 Å². The van der Waals surface area contributed by atoms with Gasteiger partial charge in [-0.25, -0.2) is 0 Å². The van der Waals surface area contributed by atoms with Crippen LogP contribution in [0, 0.1) is 17.3 Å². The second kappa shape index (κ2) is 4.27. The van der Waals surface area contributed by atoms with E-state index in [4.69, 9.17) is 4.74 Å². The molecule has 2 fully saturated rings. The van der Waals surface area contributed by atoms with Crippen LogP contribution < -0.4 is 0 Å². The van der Waals surface area contributed by atoms with Crippen molar-refractivity contribution in [2.75, 3.05) is 7.11 Å². The molecule has 2 bridgehead atoms. The molecule has 0 saturated heterocycles. The Kier molecular flexibility index (Phi) is 3.23. The SMILES string of the molecule is COC(C)(C)CCC1(C(=O)O)CC2CCC1C2. The Morgan fingerprint density at radius 1 is 1.47 bits per heavy atom. The summed E-state index contributed by atoms with van der Waals surface area (Å²) >= 11 is 0. The third-order valence-electron chi connectivity index (χ3n) is 5.13. The maximum absolute atomic E-state index is 11.7. The van der Waals surface area contributed by atoms with Gasteiger partial charge in [-0.1, -0.05) is 6.42 Å². The normalized spacial score (nSPS) is 36.4. The van der Waals surface area contributed by atoms with Crippen molar-refractivity contribution in [2.24, 2.45) is 17.3 Å². The van der Waals surface area contributed by atoms with E-state index in [2.05, 4.69) is 0 Å². The topological polar surface area (TPSA) is 46.5 Å². The first kappa shape index (κ1) is 12.9. The van der Waals surface area contributed by atoms with Gasteiger partial charge in [0.15, 0.2) is 0 Å². The Balaban J connectivity index is 2.07. The number of fused-ring (bicyclic) bond motifs is 2. The third-order valence-corrected chi connectivity index (χ3v) is 5.13. The zero-order valence-corrected chi connectivity index (χ0v) is 11.2. The predicted molar refractivity (Wildman–Crippen MR) is 65.8 cm³/mol. The summed E-state index contributed by atoms with van der Waals surface area (Å²) in [6, 6.07) is 0. The van der Waals surface area contributed by atoms with Gasteiger partial charge in [-0.3, -0.25) is 4.79 Å². The number of aliphatic carboxylic acids is 1. The lowest BCUT2D eigenvalue weighted by molar-refractivity contribution is -0.154. The van der Waals surface area contributed by atoms with Crippen molar-refractivity contribution in [3.05, 3.63) is 0 Å². The first-order valence-electron chi connectivity index (χ1n) is 6.68. The molecule has 0 aromatic rings. The van der Waals surface area contributed by atoms with Gasteiger partial charge in [-0.2, -0.15) is 0 Å². The highest BCUT2D eigenvalue weighted by atomic mass is 16.5. The van der Waals surface area contributed by atoms with Gasteiger partial charge in [-0.05, 0) is 57.8 Å². The Morgan fingerprint density at radius 3 is 2.59 bits per heavy atom. The van der Waals surface area contributed by atoms with Gasteiger partial charge >= 0.3 is 5.97 Å². The monoisotopic (exact) mass is 240 g/mol. The molecule has 98 valence electrons. The largest absolute Gasteiger partial charge is 0.481 e. The maximum Gasteiger partial charge on any atom is 0.309 e. The van der Waals surface area contributed by atoms with Gasteiger partial charge in [0.25, 0.3) is 0 Å². The number of hydrogen-bond acceptors (Lipinski definition) is 2. The summed E-state index contributed by atoms with van der Waals surface area (Å²) in [7, 11) is 1.70. The van der Waals surface area contributed by atoms with E-state index in [0.29, 0.717) is 11.8 Å². The molecule has 17 heavy (non-hydrogen) atoms. The Hall–Kier alpha value is -0.570. The van der Waals surface area contributed by atoms with Crippen LogP contribution in [-0.2, 0) is 9.53 Å². The Morgan fingerprint density at radius 2 is 2.18 bits per heavy atom. The molecule has 3 unspecified atom stereocenters. The number of carboxylic acids is 1. The molecule has 3 heteroatoms. The molecule has 3 atom stereocenters. The van der Waals surface area contributed by atoms with Gasteiger partial charge in [0.1, 0.15) is 0 Å². The molecule has 2 rings (SSSR count). The van der Waals surface area contributed by atoms with Crippen LogP contribution in [0.4, 0.5) is 0 Å². The van der Waals surface area contributed by atoms with Crippen molar-refractivity contribution in [1.29, 1.82) is 0 Å². The van der Waals surface area contributed by atoms with Crippen molar-refractivity contribution in [3.63, 3.8) is 0 Å². The lowest BCUT2D eigenvalue weighted by Gasteiger charge is -2.36. The van der Waals surface area contributed by atoms with Gasteiger partial charge < -0.3 is 9.84 Å². The predicted octanol–water partition coefficient (Wildman–Crippen LogP) is 3.08. The summed E-state index contributed by atoms with van der Waals surface area (Å²) in [5.41, 5.74) is -0.650. The quantitative estimate of drug-likeness (QED) is 0.803. The zero-order chi connectivity index (χ0) is 12.7. The first-order valence-corrected chi connectivity index (χ1v) is 6.68. The van der Waals surface area contributed by atoms with E-state index in [-0.39, 0.29) is 5.60 Å². The average Bonchev–Trinajstić information content (AvgIpc) is 2.87. The van der Waals surface area contributed by atoms with Gasteiger partial charge in [0, 0.05) is 7.11 Å². The minimum atomic E-state index is -0.573. The Bertz CT molecular complexity index is 311. The molecule has 2 aliphatic rings. The van der Waals surface area contributed by atoms with Crippen molar-refractivity contribution in [1.82, 2.24) is 0 Å².